The Morgan fingerprint density at radius 3 is 1.69 bits per heavy atom. The summed E-state index contributed by atoms with van der Waals surface area (Å²) in [4.78, 5) is 36.9. The Kier molecular flexibility index (Phi) is 11.8. The molecule has 1 amide bonds. The van der Waals surface area contributed by atoms with E-state index in [-0.39, 0.29) is 11.4 Å². The fourth-order valence-corrected chi connectivity index (χ4v) is 4.17. The Balaban J connectivity index is 0.000000340. The van der Waals surface area contributed by atoms with Crippen LogP contribution >= 0.6 is 0 Å². The van der Waals surface area contributed by atoms with E-state index in [0.717, 1.165) is 32.0 Å². The molecule has 9 nitrogen and oxygen atoms in total. The van der Waals surface area contributed by atoms with E-state index in [1.165, 1.54) is 20.2 Å². The fraction of sp³-hybridized carbons (Fsp3) is 0.385. The normalized spacial score (nSPS) is 14.5. The van der Waals surface area contributed by atoms with Gasteiger partial charge in [0.2, 0.25) is 0 Å². The predicted molar refractivity (Wildman–Crippen MR) is 152 cm³/mol. The summed E-state index contributed by atoms with van der Waals surface area (Å²) in [6.07, 6.45) is -23.9. The van der Waals surface area contributed by atoms with Gasteiger partial charge in [0.1, 0.15) is 5.80 Å². The molecule has 0 saturated heterocycles. The van der Waals surface area contributed by atoms with Gasteiger partial charge in [0, 0.05) is 42.3 Å². The number of fused-ring (bicyclic) bond motifs is 1. The van der Waals surface area contributed by atoms with Gasteiger partial charge in [-0.1, -0.05) is 0 Å². The van der Waals surface area contributed by atoms with Crippen LogP contribution < -0.4 is 16.0 Å². The molecule has 0 bridgehead atoms. The van der Waals surface area contributed by atoms with Crippen molar-refractivity contribution < 1.29 is 76.9 Å². The van der Waals surface area contributed by atoms with Gasteiger partial charge in [-0.25, -0.2) is 4.99 Å². The molecule has 1 aliphatic heterocycles. The van der Waals surface area contributed by atoms with E-state index in [0.29, 0.717) is 26.7 Å². The molecule has 0 aliphatic carbocycles. The molecular formula is C26H22B2F12N4O5. The zero-order valence-electron chi connectivity index (χ0n) is 25.2. The minimum absolute atomic E-state index is 0.0180. The standard InChI is InChI=1S/C13H12BF6N2O3.C13H10BF6N2O2/c1-6(23)14-10(24)22-9-4-3-7(21-2)5-8(9)11(25,12(15,16)17)13(18,19)20;1-6(23)14-10-22-9-4-3-7(21-2)5-8(9)11(24-10,12(15,16)17)13(18,19)20/h3-5,21,25H,1-2H3,(H,22,24);3-5,21H,1-2H3. The summed E-state index contributed by atoms with van der Waals surface area (Å²) in [6, 6.07) is 5.16. The molecule has 23 heteroatoms. The van der Waals surface area contributed by atoms with Crippen LogP contribution in [0.4, 0.5) is 80.2 Å². The number of anilines is 3. The van der Waals surface area contributed by atoms with Crippen LogP contribution in [0.5, 0.6) is 0 Å². The van der Waals surface area contributed by atoms with Crippen LogP contribution in [0.3, 0.4) is 0 Å². The second-order valence-corrected chi connectivity index (χ2v) is 9.93. The highest BCUT2D eigenvalue weighted by atomic mass is 19.4. The first-order valence-corrected chi connectivity index (χ1v) is 13.1. The summed E-state index contributed by atoms with van der Waals surface area (Å²) in [6.45, 7) is 1.92. The number of alkyl halides is 12. The van der Waals surface area contributed by atoms with Gasteiger partial charge in [-0.15, -0.1) is 0 Å². The van der Waals surface area contributed by atoms with Gasteiger partial charge >= 0.3 is 44.9 Å². The Hall–Kier alpha value is -4.43. The molecule has 0 aromatic heterocycles. The van der Waals surface area contributed by atoms with Crippen molar-refractivity contribution in [2.45, 2.75) is 49.8 Å². The van der Waals surface area contributed by atoms with E-state index in [1.54, 1.807) is 5.32 Å². The van der Waals surface area contributed by atoms with Crippen molar-refractivity contribution in [3.05, 3.63) is 47.5 Å². The first kappa shape index (κ1) is 40.7. The minimum Gasteiger partial charge on any atom is -0.460 e. The molecule has 4 N–H and O–H groups in total. The molecule has 2 aromatic carbocycles. The van der Waals surface area contributed by atoms with Gasteiger partial charge in [0.25, 0.3) is 5.60 Å². The first-order valence-electron chi connectivity index (χ1n) is 13.1. The summed E-state index contributed by atoms with van der Waals surface area (Å²) in [5, 5.41) is 16.1. The minimum atomic E-state index is -6.12. The average molecular weight is 720 g/mol. The van der Waals surface area contributed by atoms with E-state index < -0.39 is 81.4 Å². The number of hydrogen-bond donors (Lipinski definition) is 4. The lowest BCUT2D eigenvalue weighted by molar-refractivity contribution is -0.376. The van der Waals surface area contributed by atoms with Crippen LogP contribution in [0, 0.1) is 0 Å². The van der Waals surface area contributed by atoms with Crippen molar-refractivity contribution in [1.82, 2.24) is 0 Å². The number of hydrogen-bond acceptors (Lipinski definition) is 8. The van der Waals surface area contributed by atoms with Gasteiger partial charge < -0.3 is 35.4 Å². The SMILES string of the molecule is CNc1ccc(NC(=O)[B]C(C)=O)c(C(O)(C(F)(F)F)C(F)(F)F)c1.CNc1ccc2c(c1)C(C(F)(F)F)(C(F)(F)F)OC([B]C(C)=O)=N2. The predicted octanol–water partition coefficient (Wildman–Crippen LogP) is 6.14. The highest BCUT2D eigenvalue weighted by molar-refractivity contribution is 6.98. The molecule has 0 unspecified atom stereocenters. The largest absolute Gasteiger partial charge is 0.460 e. The van der Waals surface area contributed by atoms with Crippen molar-refractivity contribution in [3.63, 3.8) is 0 Å². The maximum atomic E-state index is 13.5. The lowest BCUT2D eigenvalue weighted by Crippen LogP contribution is -2.58. The number of nitrogens with one attached hydrogen (secondary N) is 3. The van der Waals surface area contributed by atoms with Gasteiger partial charge in [-0.3, -0.25) is 4.79 Å². The van der Waals surface area contributed by atoms with Crippen LogP contribution in [0.1, 0.15) is 25.0 Å². The first-order chi connectivity index (χ1) is 22.2. The molecule has 0 atom stereocenters. The van der Waals surface area contributed by atoms with Crippen molar-refractivity contribution in [3.8, 4) is 0 Å². The summed E-state index contributed by atoms with van der Waals surface area (Å²) >= 11 is 0. The van der Waals surface area contributed by atoms with E-state index in [2.05, 4.69) is 20.4 Å². The number of nitrogens with zero attached hydrogens (tertiary/aromatic N) is 1. The summed E-state index contributed by atoms with van der Waals surface area (Å²) in [5.74, 6) is -2.29. The monoisotopic (exact) mass is 720 g/mol. The number of carbonyl (C=O) groups excluding carboxylic acids is 3. The smallest absolute Gasteiger partial charge is 0.442 e. The van der Waals surface area contributed by atoms with Crippen LogP contribution in [-0.4, -0.2) is 81.4 Å². The third-order valence-corrected chi connectivity index (χ3v) is 6.39. The van der Waals surface area contributed by atoms with Gasteiger partial charge in [-0.05, 0) is 50.2 Å². The highest BCUT2D eigenvalue weighted by Crippen LogP contribution is 2.57. The number of ether oxygens (including phenoxy) is 1. The van der Waals surface area contributed by atoms with Crippen molar-refractivity contribution in [1.29, 1.82) is 0 Å². The van der Waals surface area contributed by atoms with E-state index in [9.17, 15) is 72.2 Å². The summed E-state index contributed by atoms with van der Waals surface area (Å²) < 4.78 is 164. The van der Waals surface area contributed by atoms with Crippen LogP contribution in [-0.2, 0) is 25.5 Å². The van der Waals surface area contributed by atoms with Gasteiger partial charge in [0.15, 0.2) is 5.81 Å². The molecular weight excluding hydrogens is 698 g/mol. The molecule has 3 rings (SSSR count). The Labute approximate surface area is 269 Å². The Morgan fingerprint density at radius 2 is 1.27 bits per heavy atom. The van der Waals surface area contributed by atoms with Crippen molar-refractivity contribution >= 4 is 60.3 Å². The van der Waals surface area contributed by atoms with Crippen LogP contribution in [0.15, 0.2) is 41.4 Å². The topological polar surface area (TPSA) is 129 Å². The number of amides is 1. The lowest BCUT2D eigenvalue weighted by Gasteiger charge is -2.40. The molecule has 49 heavy (non-hydrogen) atoms. The molecule has 1 aliphatic rings. The summed E-state index contributed by atoms with van der Waals surface area (Å²) in [7, 11) is 3.49. The molecule has 2 radical (unpaired) electrons. The summed E-state index contributed by atoms with van der Waals surface area (Å²) in [5.41, 5.74) is -15.9. The number of carbonyl (C=O) groups is 3. The lowest BCUT2D eigenvalue weighted by atomic mass is 9.72. The van der Waals surface area contributed by atoms with Crippen molar-refractivity contribution in [2.75, 3.05) is 30.0 Å². The van der Waals surface area contributed by atoms with Crippen LogP contribution in [0.25, 0.3) is 0 Å². The van der Waals surface area contributed by atoms with E-state index >= 15 is 0 Å². The maximum Gasteiger partial charge on any atom is 0.442 e. The maximum absolute atomic E-state index is 13.5. The Bertz CT molecular complexity index is 1580. The Morgan fingerprint density at radius 1 is 0.776 bits per heavy atom. The quantitative estimate of drug-likeness (QED) is 0.191. The molecule has 0 fully saturated rings. The molecule has 0 saturated carbocycles. The molecule has 0 spiro atoms. The molecule has 1 heterocycles. The number of halogens is 12. The average Bonchev–Trinajstić information content (AvgIpc) is 2.93. The zero-order valence-corrected chi connectivity index (χ0v) is 25.2. The fourth-order valence-electron chi connectivity index (χ4n) is 4.17. The van der Waals surface area contributed by atoms with E-state index in [1.807, 2.05) is 0 Å². The van der Waals surface area contributed by atoms with Crippen LogP contribution in [0.2, 0.25) is 0 Å². The molecule has 2 aromatic rings. The highest BCUT2D eigenvalue weighted by Gasteiger charge is 2.76. The zero-order chi connectivity index (χ0) is 38.0. The number of aliphatic imine (C=N–C) groups is 1. The van der Waals surface area contributed by atoms with Gasteiger partial charge in [-0.2, -0.15) is 52.7 Å². The van der Waals surface area contributed by atoms with Gasteiger partial charge in [0.05, 0.1) is 17.1 Å². The van der Waals surface area contributed by atoms with Crippen molar-refractivity contribution in [2.24, 2.45) is 4.99 Å². The second-order valence-electron chi connectivity index (χ2n) is 9.93. The second kappa shape index (κ2) is 14.2. The number of benzene rings is 2. The third kappa shape index (κ3) is 8.42. The number of rotatable bonds is 8. The van der Waals surface area contributed by atoms with E-state index in [4.69, 9.17) is 0 Å². The molecule has 266 valence electrons. The number of aliphatic hydroxyl groups is 1. The third-order valence-electron chi connectivity index (χ3n) is 6.39.